The Labute approximate surface area is 113 Å². The summed E-state index contributed by atoms with van der Waals surface area (Å²) in [6.07, 6.45) is 0.790. The highest BCUT2D eigenvalue weighted by Crippen LogP contribution is 2.15. The van der Waals surface area contributed by atoms with Crippen molar-refractivity contribution in [1.82, 2.24) is 20.2 Å². The summed E-state index contributed by atoms with van der Waals surface area (Å²) < 4.78 is 26.4. The second-order valence-electron chi connectivity index (χ2n) is 4.46. The third-order valence-electron chi connectivity index (χ3n) is 2.77. The number of amides is 1. The predicted molar refractivity (Wildman–Crippen MR) is 71.1 cm³/mol. The molecule has 1 aromatic rings. The fourth-order valence-corrected chi connectivity index (χ4v) is 2.95. The maximum atomic E-state index is 12.0. The van der Waals surface area contributed by atoms with Gasteiger partial charge in [-0.25, -0.2) is 13.1 Å². The van der Waals surface area contributed by atoms with Crippen LogP contribution in [-0.2, 0) is 14.8 Å². The van der Waals surface area contributed by atoms with E-state index in [1.807, 2.05) is 13.8 Å². The highest BCUT2D eigenvalue weighted by Gasteiger charge is 2.22. The summed E-state index contributed by atoms with van der Waals surface area (Å²) in [5, 5.41) is 9.12. The molecule has 0 aliphatic rings. The van der Waals surface area contributed by atoms with Crippen LogP contribution in [0.15, 0.2) is 4.90 Å². The molecule has 1 rings (SSSR count). The number of aromatic nitrogens is 2. The minimum absolute atomic E-state index is 0.0226. The van der Waals surface area contributed by atoms with E-state index >= 15 is 0 Å². The molecule has 0 saturated carbocycles. The molecule has 19 heavy (non-hydrogen) atoms. The first-order valence-electron chi connectivity index (χ1n) is 6.08. The van der Waals surface area contributed by atoms with Gasteiger partial charge in [0.2, 0.25) is 15.9 Å². The largest absolute Gasteiger partial charge is 0.353 e. The summed E-state index contributed by atoms with van der Waals surface area (Å²) in [6.45, 7) is 6.73. The third-order valence-corrected chi connectivity index (χ3v) is 4.44. The van der Waals surface area contributed by atoms with Gasteiger partial charge in [-0.05, 0) is 27.2 Å². The number of aryl methyl sites for hydroxylation is 2. The Bertz CT molecular complexity index is 531. The zero-order valence-electron chi connectivity index (χ0n) is 11.6. The average molecular weight is 288 g/mol. The van der Waals surface area contributed by atoms with Crippen LogP contribution >= 0.6 is 0 Å². The molecule has 0 fully saturated rings. The number of H-pyrrole nitrogens is 1. The lowest BCUT2D eigenvalue weighted by Gasteiger charge is -2.12. The summed E-state index contributed by atoms with van der Waals surface area (Å²) in [5.74, 6) is -0.350. The Morgan fingerprint density at radius 2 is 2.05 bits per heavy atom. The molecule has 108 valence electrons. The van der Waals surface area contributed by atoms with Crippen molar-refractivity contribution in [3.8, 4) is 0 Å². The van der Waals surface area contributed by atoms with Crippen LogP contribution in [0.2, 0.25) is 0 Å². The highest BCUT2D eigenvalue weighted by molar-refractivity contribution is 7.89. The summed E-state index contributed by atoms with van der Waals surface area (Å²) in [5.41, 5.74) is 0.833. The van der Waals surface area contributed by atoms with E-state index in [4.69, 9.17) is 0 Å². The van der Waals surface area contributed by atoms with Crippen molar-refractivity contribution < 1.29 is 13.2 Å². The first kappa shape index (κ1) is 15.6. The first-order chi connectivity index (χ1) is 8.77. The minimum atomic E-state index is -3.72. The Balaban J connectivity index is 2.70. The summed E-state index contributed by atoms with van der Waals surface area (Å²) in [4.78, 5) is 11.6. The molecule has 7 nitrogen and oxygen atoms in total. The van der Waals surface area contributed by atoms with Crippen LogP contribution in [0.25, 0.3) is 0 Å². The standard InChI is InChI=1S/C11H20N4O3S/c1-5-7(2)13-10(16)6-12-19(17,18)11-8(3)14-15-9(11)4/h7,12H,5-6H2,1-4H3,(H,13,16)(H,14,15). The average Bonchev–Trinajstić information content (AvgIpc) is 2.67. The number of sulfonamides is 1. The van der Waals surface area contributed by atoms with Crippen molar-refractivity contribution in [2.75, 3.05) is 6.54 Å². The molecule has 0 bridgehead atoms. The van der Waals surface area contributed by atoms with Crippen LogP contribution < -0.4 is 10.0 Å². The van der Waals surface area contributed by atoms with Crippen molar-refractivity contribution in [3.05, 3.63) is 11.4 Å². The Kier molecular flexibility index (Phi) is 5.07. The Hall–Kier alpha value is -1.41. The molecule has 1 unspecified atom stereocenters. The van der Waals surface area contributed by atoms with Gasteiger partial charge in [-0.3, -0.25) is 9.89 Å². The molecular formula is C11H20N4O3S. The van der Waals surface area contributed by atoms with Gasteiger partial charge >= 0.3 is 0 Å². The van der Waals surface area contributed by atoms with Gasteiger partial charge in [0.05, 0.1) is 17.9 Å². The molecule has 0 saturated heterocycles. The van der Waals surface area contributed by atoms with Crippen molar-refractivity contribution in [2.45, 2.75) is 45.1 Å². The lowest BCUT2D eigenvalue weighted by molar-refractivity contribution is -0.120. The van der Waals surface area contributed by atoms with Gasteiger partial charge in [-0.1, -0.05) is 6.92 Å². The molecule has 8 heteroatoms. The van der Waals surface area contributed by atoms with Crippen LogP contribution in [0, 0.1) is 13.8 Å². The van der Waals surface area contributed by atoms with Crippen LogP contribution in [0.5, 0.6) is 0 Å². The number of carbonyl (C=O) groups excluding carboxylic acids is 1. The quantitative estimate of drug-likeness (QED) is 0.696. The van der Waals surface area contributed by atoms with E-state index in [1.165, 1.54) is 0 Å². The van der Waals surface area contributed by atoms with E-state index in [1.54, 1.807) is 13.8 Å². The van der Waals surface area contributed by atoms with Gasteiger partial charge in [0.1, 0.15) is 4.90 Å². The molecule has 1 aromatic heterocycles. The lowest BCUT2D eigenvalue weighted by atomic mass is 10.2. The topological polar surface area (TPSA) is 104 Å². The van der Waals surface area contributed by atoms with Crippen LogP contribution in [0.3, 0.4) is 0 Å². The van der Waals surface area contributed by atoms with Gasteiger partial charge in [-0.15, -0.1) is 0 Å². The molecule has 0 radical (unpaired) electrons. The molecular weight excluding hydrogens is 268 g/mol. The second kappa shape index (κ2) is 6.16. The molecule has 3 N–H and O–H groups in total. The van der Waals surface area contributed by atoms with E-state index in [-0.39, 0.29) is 23.4 Å². The summed E-state index contributed by atoms with van der Waals surface area (Å²) in [6, 6.07) is 0.0226. The number of rotatable bonds is 6. The van der Waals surface area contributed by atoms with E-state index in [0.29, 0.717) is 11.4 Å². The molecule has 0 aromatic carbocycles. The third kappa shape index (κ3) is 4.03. The highest BCUT2D eigenvalue weighted by atomic mass is 32.2. The molecule has 1 atom stereocenters. The Morgan fingerprint density at radius 3 is 2.53 bits per heavy atom. The smallest absolute Gasteiger partial charge is 0.244 e. The van der Waals surface area contributed by atoms with E-state index in [2.05, 4.69) is 20.2 Å². The zero-order valence-corrected chi connectivity index (χ0v) is 12.4. The predicted octanol–water partition coefficient (Wildman–Crippen LogP) is 0.220. The zero-order chi connectivity index (χ0) is 14.6. The van der Waals surface area contributed by atoms with Crippen LogP contribution in [0.4, 0.5) is 0 Å². The van der Waals surface area contributed by atoms with Crippen molar-refractivity contribution in [2.24, 2.45) is 0 Å². The van der Waals surface area contributed by atoms with Crippen molar-refractivity contribution in [1.29, 1.82) is 0 Å². The molecule has 0 aliphatic carbocycles. The van der Waals surface area contributed by atoms with E-state index < -0.39 is 10.0 Å². The summed E-state index contributed by atoms with van der Waals surface area (Å²) >= 11 is 0. The number of hydrogen-bond donors (Lipinski definition) is 3. The number of nitrogens with one attached hydrogen (secondary N) is 3. The first-order valence-corrected chi connectivity index (χ1v) is 7.56. The van der Waals surface area contributed by atoms with Crippen LogP contribution in [-0.4, -0.2) is 37.1 Å². The number of hydrogen-bond acceptors (Lipinski definition) is 4. The molecule has 0 spiro atoms. The molecule has 1 heterocycles. The van der Waals surface area contributed by atoms with Crippen molar-refractivity contribution in [3.63, 3.8) is 0 Å². The van der Waals surface area contributed by atoms with Gasteiger partial charge in [0, 0.05) is 6.04 Å². The van der Waals surface area contributed by atoms with E-state index in [9.17, 15) is 13.2 Å². The Morgan fingerprint density at radius 1 is 1.42 bits per heavy atom. The lowest BCUT2D eigenvalue weighted by Crippen LogP contribution is -2.40. The van der Waals surface area contributed by atoms with Gasteiger partial charge in [-0.2, -0.15) is 5.10 Å². The van der Waals surface area contributed by atoms with Crippen molar-refractivity contribution >= 4 is 15.9 Å². The maximum Gasteiger partial charge on any atom is 0.244 e. The maximum absolute atomic E-state index is 12.0. The molecule has 1 amide bonds. The second-order valence-corrected chi connectivity index (χ2v) is 6.17. The number of carbonyl (C=O) groups is 1. The fourth-order valence-electron chi connectivity index (χ4n) is 1.60. The SMILES string of the molecule is CCC(C)NC(=O)CNS(=O)(=O)c1c(C)n[nH]c1C. The van der Waals surface area contributed by atoms with E-state index in [0.717, 1.165) is 6.42 Å². The van der Waals surface area contributed by atoms with Gasteiger partial charge < -0.3 is 5.32 Å². The minimum Gasteiger partial charge on any atom is -0.353 e. The van der Waals surface area contributed by atoms with Gasteiger partial charge in [0.15, 0.2) is 0 Å². The molecule has 0 aliphatic heterocycles. The number of nitrogens with zero attached hydrogens (tertiary/aromatic N) is 1. The normalized spacial score (nSPS) is 13.3. The number of aromatic amines is 1. The summed E-state index contributed by atoms with van der Waals surface area (Å²) in [7, 11) is -3.72. The van der Waals surface area contributed by atoms with Crippen LogP contribution in [0.1, 0.15) is 31.7 Å². The monoisotopic (exact) mass is 288 g/mol. The fraction of sp³-hybridized carbons (Fsp3) is 0.636. The van der Waals surface area contributed by atoms with Gasteiger partial charge in [0.25, 0.3) is 0 Å².